The summed E-state index contributed by atoms with van der Waals surface area (Å²) in [5, 5.41) is 24.8. The molecule has 3 heteroatoms. The van der Waals surface area contributed by atoms with Gasteiger partial charge in [-0.1, -0.05) is 96.1 Å². The van der Waals surface area contributed by atoms with Gasteiger partial charge in [0.15, 0.2) is 0 Å². The molecule has 4 aliphatic carbocycles. The third-order valence-corrected chi connectivity index (χ3v) is 9.92. The Bertz CT molecular complexity index is 1640. The largest absolute Gasteiger partial charge is 0.507 e. The summed E-state index contributed by atoms with van der Waals surface area (Å²) in [4.78, 5) is 0. The summed E-state index contributed by atoms with van der Waals surface area (Å²) < 4.78 is 0. The van der Waals surface area contributed by atoms with Crippen molar-refractivity contribution >= 4 is 21.5 Å². The third-order valence-electron chi connectivity index (χ3n) is 9.92. The van der Waals surface area contributed by atoms with Crippen LogP contribution < -0.4 is 0 Å². The Balaban J connectivity index is 0.000000150. The number of benzene rings is 4. The Morgan fingerprint density at radius 3 is 1.40 bits per heavy atom. The number of phenols is 2. The quantitative estimate of drug-likeness (QED) is 0.232. The Morgan fingerprint density at radius 2 is 0.930 bits per heavy atom. The van der Waals surface area contributed by atoms with Gasteiger partial charge >= 0.3 is 0 Å². The van der Waals surface area contributed by atoms with E-state index < -0.39 is 0 Å². The fourth-order valence-electron chi connectivity index (χ4n) is 7.77. The van der Waals surface area contributed by atoms with Gasteiger partial charge in [0.25, 0.3) is 0 Å². The Morgan fingerprint density at radius 1 is 0.512 bits per heavy atom. The third kappa shape index (κ3) is 5.99. The van der Waals surface area contributed by atoms with Gasteiger partial charge in [-0.25, -0.2) is 0 Å². The molecule has 0 heterocycles. The van der Waals surface area contributed by atoms with Crippen molar-refractivity contribution in [3.8, 4) is 22.6 Å². The topological polar surface area (TPSA) is 40.5 Å². The predicted molar refractivity (Wildman–Crippen MR) is 176 cm³/mol. The first kappa shape index (κ1) is 29.9. The zero-order chi connectivity index (χ0) is 28.5. The fraction of sp³-hybridized carbons (Fsp3) is 0.300. The van der Waals surface area contributed by atoms with E-state index in [0.717, 1.165) is 33.4 Å². The van der Waals surface area contributed by atoms with Crippen molar-refractivity contribution in [3.63, 3.8) is 0 Å². The van der Waals surface area contributed by atoms with Crippen molar-refractivity contribution in [2.75, 3.05) is 0 Å². The van der Waals surface area contributed by atoms with Crippen LogP contribution in [0.4, 0.5) is 0 Å². The van der Waals surface area contributed by atoms with E-state index in [0.29, 0.717) is 11.1 Å². The van der Waals surface area contributed by atoms with Gasteiger partial charge in [0.05, 0.1) is 0 Å². The number of hydrogen-bond acceptors (Lipinski definition) is 2. The van der Waals surface area contributed by atoms with Crippen LogP contribution in [-0.4, -0.2) is 10.2 Å². The first-order valence-corrected chi connectivity index (χ1v) is 15.9. The smallest absolute Gasteiger partial charge is 0.124 e. The second-order valence-corrected chi connectivity index (χ2v) is 12.4. The van der Waals surface area contributed by atoms with Crippen LogP contribution in [-0.2, 0) is 26.2 Å². The SMILES string of the molecule is C1=CC(CC[C@@H]2C=CC3=C2CCCC3)C2=C1CCCC2.Oc1ccc2ccccc2c1-c1c(O)ccc2ccccc12.[Zr]. The zero-order valence-corrected chi connectivity index (χ0v) is 27.3. The van der Waals surface area contributed by atoms with Crippen LogP contribution in [0.5, 0.6) is 11.5 Å². The summed E-state index contributed by atoms with van der Waals surface area (Å²) in [5.74, 6) is 1.91. The van der Waals surface area contributed by atoms with Crippen molar-refractivity contribution < 1.29 is 36.4 Å². The fourth-order valence-corrected chi connectivity index (χ4v) is 7.77. The molecule has 2 atom stereocenters. The molecule has 43 heavy (non-hydrogen) atoms. The first-order chi connectivity index (χ1) is 20.7. The molecular formula is C40H40O2Zr. The molecule has 4 aromatic carbocycles. The maximum atomic E-state index is 10.4. The second-order valence-electron chi connectivity index (χ2n) is 12.4. The van der Waals surface area contributed by atoms with Gasteiger partial charge in [0, 0.05) is 37.3 Å². The van der Waals surface area contributed by atoms with Crippen LogP contribution >= 0.6 is 0 Å². The molecule has 0 amide bonds. The first-order valence-electron chi connectivity index (χ1n) is 15.9. The average molecular weight is 644 g/mol. The van der Waals surface area contributed by atoms with Gasteiger partial charge in [-0.2, -0.15) is 0 Å². The standard InChI is InChI=1S/C20H14O2.C20H26.Zr/c21-17-11-9-13-5-1-3-7-15(13)19(17)20-16-8-4-2-6-14(16)10-12-18(20)22;1-3-7-19-15(5-1)9-11-17(19)13-14-18-12-10-16-6-2-4-8-20(16)18;/h1-12,21-22H;9-12,17-18H,1-8,13-14H2;/t;17-,18?;/m.0./s1. The van der Waals surface area contributed by atoms with Crippen LogP contribution in [0.2, 0.25) is 0 Å². The summed E-state index contributed by atoms with van der Waals surface area (Å²) >= 11 is 0. The van der Waals surface area contributed by atoms with E-state index in [1.54, 1.807) is 34.4 Å². The van der Waals surface area contributed by atoms with Crippen molar-refractivity contribution in [3.05, 3.63) is 119 Å². The summed E-state index contributed by atoms with van der Waals surface area (Å²) in [6.45, 7) is 0. The number of hydrogen-bond donors (Lipinski definition) is 2. The number of aromatic hydroxyl groups is 2. The molecule has 2 nitrogen and oxygen atoms in total. The van der Waals surface area contributed by atoms with E-state index in [1.807, 2.05) is 60.7 Å². The van der Waals surface area contributed by atoms with Crippen molar-refractivity contribution in [2.24, 2.45) is 11.8 Å². The van der Waals surface area contributed by atoms with Crippen LogP contribution in [0, 0.1) is 11.8 Å². The van der Waals surface area contributed by atoms with Gasteiger partial charge in [-0.05, 0) is 121 Å². The molecule has 0 aromatic heterocycles. The van der Waals surface area contributed by atoms with Gasteiger partial charge in [-0.3, -0.25) is 0 Å². The van der Waals surface area contributed by atoms with Gasteiger partial charge < -0.3 is 10.2 Å². The molecule has 0 spiro atoms. The van der Waals surface area contributed by atoms with Gasteiger partial charge in [0.1, 0.15) is 11.5 Å². The molecule has 0 fully saturated rings. The van der Waals surface area contributed by atoms with E-state index in [-0.39, 0.29) is 37.7 Å². The summed E-state index contributed by atoms with van der Waals surface area (Å²) in [5.41, 5.74) is 8.34. The minimum absolute atomic E-state index is 0. The Kier molecular flexibility index (Phi) is 9.20. The van der Waals surface area contributed by atoms with Crippen molar-refractivity contribution in [1.82, 2.24) is 0 Å². The average Bonchev–Trinajstić information content (AvgIpc) is 3.65. The number of phenolic OH excluding ortho intramolecular Hbond substituents is 2. The normalized spacial score (nSPS) is 20.6. The molecule has 2 N–H and O–H groups in total. The van der Waals surface area contributed by atoms with Crippen molar-refractivity contribution in [2.45, 2.75) is 64.2 Å². The monoisotopic (exact) mass is 642 g/mol. The van der Waals surface area contributed by atoms with E-state index in [4.69, 9.17) is 0 Å². The van der Waals surface area contributed by atoms with E-state index >= 15 is 0 Å². The van der Waals surface area contributed by atoms with E-state index in [2.05, 4.69) is 24.3 Å². The maximum Gasteiger partial charge on any atom is 0.124 e. The number of rotatable bonds is 4. The zero-order valence-electron chi connectivity index (χ0n) is 24.9. The molecule has 0 radical (unpaired) electrons. The Labute approximate surface area is 274 Å². The van der Waals surface area contributed by atoms with Crippen LogP contribution in [0.3, 0.4) is 0 Å². The maximum absolute atomic E-state index is 10.4. The summed E-state index contributed by atoms with van der Waals surface area (Å²) in [7, 11) is 0. The minimum Gasteiger partial charge on any atom is -0.507 e. The van der Waals surface area contributed by atoms with Crippen LogP contribution in [0.1, 0.15) is 64.2 Å². The van der Waals surface area contributed by atoms with Gasteiger partial charge in [0.2, 0.25) is 0 Å². The molecular weight excluding hydrogens is 604 g/mol. The van der Waals surface area contributed by atoms with E-state index in [1.165, 1.54) is 64.2 Å². The molecule has 0 bridgehead atoms. The second kappa shape index (κ2) is 13.2. The Hall–Kier alpha value is -3.16. The summed E-state index contributed by atoms with van der Waals surface area (Å²) in [6, 6.07) is 22.9. The molecule has 216 valence electrons. The molecule has 0 saturated carbocycles. The number of allylic oxidation sites excluding steroid dienone is 8. The van der Waals surface area contributed by atoms with Crippen LogP contribution in [0.15, 0.2) is 119 Å². The molecule has 4 aromatic rings. The minimum atomic E-state index is 0. The molecule has 8 rings (SSSR count). The van der Waals surface area contributed by atoms with Crippen molar-refractivity contribution in [1.29, 1.82) is 0 Å². The molecule has 0 aliphatic heterocycles. The molecule has 0 saturated heterocycles. The van der Waals surface area contributed by atoms with E-state index in [9.17, 15) is 10.2 Å². The summed E-state index contributed by atoms with van der Waals surface area (Å²) in [6.07, 6.45) is 23.8. The van der Waals surface area contributed by atoms with Gasteiger partial charge in [-0.15, -0.1) is 0 Å². The molecule has 1 unspecified atom stereocenters. The number of fused-ring (bicyclic) bond motifs is 2. The van der Waals surface area contributed by atoms with Crippen LogP contribution in [0.25, 0.3) is 32.7 Å². The molecule has 4 aliphatic rings. The predicted octanol–water partition coefficient (Wildman–Crippen LogP) is 10.9.